The molecule has 0 bridgehead atoms. The first-order valence-corrected chi connectivity index (χ1v) is 17.7. The van der Waals surface area contributed by atoms with Crippen LogP contribution in [0, 0.1) is 0 Å². The van der Waals surface area contributed by atoms with E-state index < -0.39 is 0 Å². The summed E-state index contributed by atoms with van der Waals surface area (Å²) < 4.78 is 15.5. The Kier molecular flexibility index (Phi) is 5.83. The Labute approximate surface area is 290 Å². The van der Waals surface area contributed by atoms with Gasteiger partial charge in [0.1, 0.15) is 22.3 Å². The molecule has 3 nitrogen and oxygen atoms in total. The van der Waals surface area contributed by atoms with Gasteiger partial charge < -0.3 is 13.7 Å². The summed E-state index contributed by atoms with van der Waals surface area (Å²) in [6, 6.07) is 58.2. The summed E-state index contributed by atoms with van der Waals surface area (Å²) in [6.07, 6.45) is 0. The summed E-state index contributed by atoms with van der Waals surface area (Å²) in [6.45, 7) is 0. The number of para-hydroxylation sites is 2. The molecule has 11 aromatic rings. The van der Waals surface area contributed by atoms with E-state index in [0.717, 1.165) is 55.6 Å². The molecule has 0 saturated heterocycles. The van der Waals surface area contributed by atoms with E-state index in [-0.39, 0.29) is 0 Å². The van der Waals surface area contributed by atoms with Gasteiger partial charge >= 0.3 is 0 Å². The minimum Gasteiger partial charge on any atom is -0.456 e. The summed E-state index contributed by atoms with van der Waals surface area (Å²) in [5, 5.41) is 9.46. The third-order valence-electron chi connectivity index (χ3n) is 10.1. The Hall–Kier alpha value is -6.36. The normalized spacial score (nSPS) is 12.0. The van der Waals surface area contributed by atoms with E-state index in [0.29, 0.717) is 0 Å². The zero-order valence-electron chi connectivity index (χ0n) is 26.8. The number of hydrogen-bond acceptors (Lipinski definition) is 4. The maximum Gasteiger partial charge on any atom is 0.138 e. The van der Waals surface area contributed by atoms with E-state index in [9.17, 15) is 0 Å². The predicted octanol–water partition coefficient (Wildman–Crippen LogP) is 14.1. The molecule has 0 aliphatic rings. The first-order chi connectivity index (χ1) is 24.8. The standard InChI is InChI=1S/C46H27NO2S/c1-2-12-32-28(10-1)11-9-16-33(32)29-20-22-30(23-21-29)47(31-24-25-35-34-13-3-6-17-39(34)48-41(35)26-31)38-27-42-45(36-14-4-7-18-40(36)49-42)46-44(38)37-15-5-8-19-43(37)50-46/h1-27H. The van der Waals surface area contributed by atoms with Gasteiger partial charge in [-0.3, -0.25) is 0 Å². The van der Waals surface area contributed by atoms with Gasteiger partial charge in [-0.25, -0.2) is 0 Å². The minimum atomic E-state index is 0.859. The molecule has 0 atom stereocenters. The largest absolute Gasteiger partial charge is 0.456 e. The quantitative estimate of drug-likeness (QED) is 0.189. The maximum absolute atomic E-state index is 6.61. The van der Waals surface area contributed by atoms with Crippen LogP contribution < -0.4 is 4.90 Å². The van der Waals surface area contributed by atoms with Crippen LogP contribution >= 0.6 is 11.3 Å². The summed E-state index contributed by atoms with van der Waals surface area (Å²) in [5.41, 5.74) is 9.06. The van der Waals surface area contributed by atoms with Crippen molar-refractivity contribution in [2.24, 2.45) is 0 Å². The van der Waals surface area contributed by atoms with Gasteiger partial charge in [-0.15, -0.1) is 11.3 Å². The van der Waals surface area contributed by atoms with Gasteiger partial charge in [0.15, 0.2) is 0 Å². The van der Waals surface area contributed by atoms with Crippen LogP contribution in [0.25, 0.3) is 85.9 Å². The molecule has 0 amide bonds. The molecule has 11 rings (SSSR count). The molecule has 4 heteroatoms. The second-order valence-corrected chi connectivity index (χ2v) is 13.9. The molecular formula is C46H27NO2S. The SMILES string of the molecule is c1ccc2c(-c3ccc(N(c4ccc5c(c4)oc4ccccc45)c4cc5oc6ccccc6c5c5sc6ccccc6c45)cc3)cccc2c1. The smallest absolute Gasteiger partial charge is 0.138 e. The number of benzene rings is 8. The van der Waals surface area contributed by atoms with Gasteiger partial charge in [-0.1, -0.05) is 109 Å². The van der Waals surface area contributed by atoms with Crippen molar-refractivity contribution in [1.82, 2.24) is 0 Å². The number of rotatable bonds is 4. The first kappa shape index (κ1) is 27.6. The van der Waals surface area contributed by atoms with E-state index >= 15 is 0 Å². The number of hydrogen-bond donors (Lipinski definition) is 0. The van der Waals surface area contributed by atoms with Gasteiger partial charge in [0.05, 0.1) is 5.69 Å². The molecule has 50 heavy (non-hydrogen) atoms. The minimum absolute atomic E-state index is 0.859. The molecule has 0 aliphatic carbocycles. The fourth-order valence-electron chi connectivity index (χ4n) is 7.80. The van der Waals surface area contributed by atoms with Crippen molar-refractivity contribution in [3.05, 3.63) is 164 Å². The van der Waals surface area contributed by atoms with Crippen molar-refractivity contribution in [2.45, 2.75) is 0 Å². The van der Waals surface area contributed by atoms with Crippen LogP contribution in [0.4, 0.5) is 17.1 Å². The molecule has 3 aromatic heterocycles. The lowest BCUT2D eigenvalue weighted by Crippen LogP contribution is -2.10. The van der Waals surface area contributed by atoms with E-state index in [4.69, 9.17) is 8.83 Å². The topological polar surface area (TPSA) is 29.5 Å². The molecule has 0 saturated carbocycles. The summed E-state index contributed by atoms with van der Waals surface area (Å²) in [7, 11) is 0. The molecule has 0 spiro atoms. The maximum atomic E-state index is 6.61. The van der Waals surface area contributed by atoms with Crippen molar-refractivity contribution in [3.63, 3.8) is 0 Å². The highest BCUT2D eigenvalue weighted by atomic mass is 32.1. The Balaban J connectivity index is 1.20. The Morgan fingerprint density at radius 2 is 1.06 bits per heavy atom. The highest BCUT2D eigenvalue weighted by Gasteiger charge is 2.24. The van der Waals surface area contributed by atoms with E-state index in [1.54, 1.807) is 0 Å². The highest BCUT2D eigenvalue weighted by Crippen LogP contribution is 2.50. The number of fused-ring (bicyclic) bond motifs is 11. The Morgan fingerprint density at radius 1 is 0.420 bits per heavy atom. The monoisotopic (exact) mass is 657 g/mol. The van der Waals surface area contributed by atoms with Crippen molar-refractivity contribution >= 4 is 103 Å². The molecule has 0 unspecified atom stereocenters. The summed E-state index contributed by atoms with van der Waals surface area (Å²) >= 11 is 1.83. The van der Waals surface area contributed by atoms with Crippen molar-refractivity contribution in [2.75, 3.05) is 4.90 Å². The lowest BCUT2D eigenvalue weighted by molar-refractivity contribution is 0.669. The number of thiophene rings is 1. The fourth-order valence-corrected chi connectivity index (χ4v) is 9.07. The van der Waals surface area contributed by atoms with Crippen LogP contribution in [0.1, 0.15) is 0 Å². The average Bonchev–Trinajstić information content (AvgIpc) is 3.86. The van der Waals surface area contributed by atoms with Crippen molar-refractivity contribution in [1.29, 1.82) is 0 Å². The van der Waals surface area contributed by atoms with Gasteiger partial charge in [0.2, 0.25) is 0 Å². The molecular weight excluding hydrogens is 631 g/mol. The van der Waals surface area contributed by atoms with Crippen molar-refractivity contribution < 1.29 is 8.83 Å². The third kappa shape index (κ3) is 4.03. The second kappa shape index (κ2) is 10.6. The van der Waals surface area contributed by atoms with Crippen LogP contribution in [-0.4, -0.2) is 0 Å². The van der Waals surface area contributed by atoms with E-state index in [1.165, 1.54) is 47.5 Å². The van der Waals surface area contributed by atoms with E-state index in [2.05, 4.69) is 150 Å². The Morgan fingerprint density at radius 3 is 1.92 bits per heavy atom. The molecule has 234 valence electrons. The number of nitrogens with zero attached hydrogens (tertiary/aromatic N) is 1. The summed E-state index contributed by atoms with van der Waals surface area (Å²) in [5.74, 6) is 0. The fraction of sp³-hybridized carbons (Fsp3) is 0. The van der Waals surface area contributed by atoms with Crippen LogP contribution in [0.2, 0.25) is 0 Å². The highest BCUT2D eigenvalue weighted by molar-refractivity contribution is 7.27. The molecule has 0 fully saturated rings. The average molecular weight is 658 g/mol. The lowest BCUT2D eigenvalue weighted by Gasteiger charge is -2.27. The number of furan rings is 2. The van der Waals surface area contributed by atoms with Gasteiger partial charge in [0.25, 0.3) is 0 Å². The first-order valence-electron chi connectivity index (χ1n) is 16.8. The molecule has 0 N–H and O–H groups in total. The predicted molar refractivity (Wildman–Crippen MR) is 212 cm³/mol. The Bertz CT molecular complexity index is 3100. The zero-order valence-corrected chi connectivity index (χ0v) is 27.6. The zero-order chi connectivity index (χ0) is 32.8. The van der Waals surface area contributed by atoms with Crippen molar-refractivity contribution in [3.8, 4) is 11.1 Å². The molecule has 0 radical (unpaired) electrons. The van der Waals surface area contributed by atoms with Gasteiger partial charge in [-0.2, -0.15) is 0 Å². The lowest BCUT2D eigenvalue weighted by atomic mass is 9.98. The summed E-state index contributed by atoms with van der Waals surface area (Å²) in [4.78, 5) is 2.37. The second-order valence-electron chi connectivity index (χ2n) is 12.9. The molecule has 3 heterocycles. The van der Waals surface area contributed by atoms with Crippen LogP contribution in [0.15, 0.2) is 173 Å². The van der Waals surface area contributed by atoms with E-state index in [1.807, 2.05) is 29.5 Å². The molecule has 0 aliphatic heterocycles. The third-order valence-corrected chi connectivity index (χ3v) is 11.2. The van der Waals surface area contributed by atoms with Crippen LogP contribution in [0.3, 0.4) is 0 Å². The number of anilines is 3. The van der Waals surface area contributed by atoms with Gasteiger partial charge in [-0.05, 0) is 64.4 Å². The molecule has 8 aromatic carbocycles. The van der Waals surface area contributed by atoms with Crippen LogP contribution in [0.5, 0.6) is 0 Å². The van der Waals surface area contributed by atoms with Gasteiger partial charge in [0, 0.05) is 65.2 Å². The van der Waals surface area contributed by atoms with Crippen LogP contribution in [-0.2, 0) is 0 Å².